The van der Waals surface area contributed by atoms with Gasteiger partial charge in [-0.3, -0.25) is 0 Å². The SMILES string of the molecule is COC(=O)c1c(NCc2ccc(OC)cc2)ccnc1Nc1ccc(F)cn1. The van der Waals surface area contributed by atoms with Crippen molar-refractivity contribution in [3.63, 3.8) is 0 Å². The first kappa shape index (κ1) is 19.1. The van der Waals surface area contributed by atoms with Crippen molar-refractivity contribution in [2.24, 2.45) is 0 Å². The normalized spacial score (nSPS) is 10.2. The number of carbonyl (C=O) groups excluding carboxylic acids is 1. The molecule has 28 heavy (non-hydrogen) atoms. The third-order valence-corrected chi connectivity index (χ3v) is 3.96. The monoisotopic (exact) mass is 382 g/mol. The Balaban J connectivity index is 1.85. The molecular weight excluding hydrogens is 363 g/mol. The van der Waals surface area contributed by atoms with E-state index in [1.807, 2.05) is 24.3 Å². The molecule has 8 heteroatoms. The Kier molecular flexibility index (Phi) is 6.01. The summed E-state index contributed by atoms with van der Waals surface area (Å²) in [6, 6.07) is 12.0. The summed E-state index contributed by atoms with van der Waals surface area (Å²) in [5, 5.41) is 6.14. The van der Waals surface area contributed by atoms with Crippen molar-refractivity contribution < 1.29 is 18.7 Å². The number of ether oxygens (including phenoxy) is 2. The standard InChI is InChI=1S/C20H19FN4O3/c1-27-15-6-3-13(4-7-15)11-23-16-9-10-22-19(18(16)20(26)28-2)25-17-8-5-14(21)12-24-17/h3-10,12H,11H2,1-2H3,(H2,22,23,24,25). The Morgan fingerprint density at radius 2 is 1.86 bits per heavy atom. The van der Waals surface area contributed by atoms with Gasteiger partial charge in [-0.25, -0.2) is 19.2 Å². The van der Waals surface area contributed by atoms with E-state index >= 15 is 0 Å². The van der Waals surface area contributed by atoms with Gasteiger partial charge in [0.1, 0.15) is 28.8 Å². The fraction of sp³-hybridized carbons (Fsp3) is 0.150. The summed E-state index contributed by atoms with van der Waals surface area (Å²) in [5.74, 6) is 0.356. The van der Waals surface area contributed by atoms with Crippen LogP contribution in [0.2, 0.25) is 0 Å². The number of nitrogens with one attached hydrogen (secondary N) is 2. The van der Waals surface area contributed by atoms with Gasteiger partial charge < -0.3 is 20.1 Å². The molecule has 0 bridgehead atoms. The van der Waals surface area contributed by atoms with Crippen molar-refractivity contribution in [2.75, 3.05) is 24.9 Å². The van der Waals surface area contributed by atoms with Crippen LogP contribution in [-0.2, 0) is 11.3 Å². The topological polar surface area (TPSA) is 85.4 Å². The summed E-state index contributed by atoms with van der Waals surface area (Å²) in [6.45, 7) is 0.478. The van der Waals surface area contributed by atoms with Gasteiger partial charge in [-0.15, -0.1) is 0 Å². The predicted octanol–water partition coefficient (Wildman–Crippen LogP) is 3.77. The highest BCUT2D eigenvalue weighted by Crippen LogP contribution is 2.26. The first-order valence-electron chi connectivity index (χ1n) is 8.43. The lowest BCUT2D eigenvalue weighted by Gasteiger charge is -2.15. The number of esters is 1. The van der Waals surface area contributed by atoms with Crippen molar-refractivity contribution in [3.8, 4) is 5.75 Å². The summed E-state index contributed by atoms with van der Waals surface area (Å²) in [5.41, 5.74) is 1.77. The number of pyridine rings is 2. The molecule has 7 nitrogen and oxygen atoms in total. The first-order chi connectivity index (χ1) is 13.6. The van der Waals surface area contributed by atoms with Crippen LogP contribution in [0.4, 0.5) is 21.7 Å². The van der Waals surface area contributed by atoms with E-state index in [2.05, 4.69) is 20.6 Å². The summed E-state index contributed by atoms with van der Waals surface area (Å²) in [7, 11) is 2.90. The summed E-state index contributed by atoms with van der Waals surface area (Å²) < 4.78 is 23.1. The minimum atomic E-state index is -0.560. The lowest BCUT2D eigenvalue weighted by molar-refractivity contribution is 0.0602. The number of benzene rings is 1. The molecular formula is C20H19FN4O3. The maximum atomic E-state index is 13.1. The van der Waals surface area contributed by atoms with Gasteiger partial charge in [-0.05, 0) is 35.9 Å². The van der Waals surface area contributed by atoms with E-state index in [0.717, 1.165) is 17.5 Å². The third kappa shape index (κ3) is 4.53. The van der Waals surface area contributed by atoms with Crippen molar-refractivity contribution in [1.29, 1.82) is 0 Å². The number of aromatic nitrogens is 2. The molecule has 0 unspecified atom stereocenters. The second-order valence-corrected chi connectivity index (χ2v) is 5.76. The van der Waals surface area contributed by atoms with E-state index < -0.39 is 11.8 Å². The zero-order valence-corrected chi connectivity index (χ0v) is 15.4. The molecule has 0 saturated carbocycles. The Bertz CT molecular complexity index is 947. The number of methoxy groups -OCH3 is 2. The van der Waals surface area contributed by atoms with Gasteiger partial charge in [0.05, 0.1) is 26.1 Å². The minimum Gasteiger partial charge on any atom is -0.497 e. The van der Waals surface area contributed by atoms with Crippen LogP contribution >= 0.6 is 0 Å². The highest BCUT2D eigenvalue weighted by Gasteiger charge is 2.19. The van der Waals surface area contributed by atoms with E-state index in [4.69, 9.17) is 9.47 Å². The molecule has 1 aromatic carbocycles. The molecule has 144 valence electrons. The van der Waals surface area contributed by atoms with Crippen LogP contribution in [0.5, 0.6) is 5.75 Å². The quantitative estimate of drug-likeness (QED) is 0.602. The molecule has 0 radical (unpaired) electrons. The number of hydrogen-bond acceptors (Lipinski definition) is 7. The van der Waals surface area contributed by atoms with Crippen LogP contribution in [0, 0.1) is 5.82 Å². The van der Waals surface area contributed by atoms with Crippen LogP contribution in [0.1, 0.15) is 15.9 Å². The maximum absolute atomic E-state index is 13.1. The lowest BCUT2D eigenvalue weighted by atomic mass is 10.1. The number of nitrogens with zero attached hydrogens (tertiary/aromatic N) is 2. The van der Waals surface area contributed by atoms with Crippen LogP contribution in [0.3, 0.4) is 0 Å². The first-order valence-corrected chi connectivity index (χ1v) is 8.43. The number of rotatable bonds is 7. The fourth-order valence-corrected chi connectivity index (χ4v) is 2.52. The van der Waals surface area contributed by atoms with Gasteiger partial charge >= 0.3 is 5.97 Å². The molecule has 0 fully saturated rings. The molecule has 3 aromatic rings. The van der Waals surface area contributed by atoms with E-state index in [1.54, 1.807) is 19.4 Å². The molecule has 2 aromatic heterocycles. The molecule has 0 amide bonds. The van der Waals surface area contributed by atoms with Crippen molar-refractivity contribution in [1.82, 2.24) is 9.97 Å². The van der Waals surface area contributed by atoms with E-state index in [9.17, 15) is 9.18 Å². The summed E-state index contributed by atoms with van der Waals surface area (Å²) in [6.07, 6.45) is 2.63. The van der Waals surface area contributed by atoms with Crippen molar-refractivity contribution in [3.05, 3.63) is 71.8 Å². The highest BCUT2D eigenvalue weighted by atomic mass is 19.1. The van der Waals surface area contributed by atoms with Gasteiger partial charge in [0.15, 0.2) is 0 Å². The Hall–Kier alpha value is -3.68. The zero-order chi connectivity index (χ0) is 19.9. The van der Waals surface area contributed by atoms with Crippen LogP contribution in [0.15, 0.2) is 54.9 Å². The number of hydrogen-bond donors (Lipinski definition) is 2. The highest BCUT2D eigenvalue weighted by molar-refractivity contribution is 6.01. The average Bonchev–Trinajstić information content (AvgIpc) is 2.73. The number of halogens is 1. The van der Waals surface area contributed by atoms with Crippen LogP contribution < -0.4 is 15.4 Å². The predicted molar refractivity (Wildman–Crippen MR) is 103 cm³/mol. The number of carbonyl (C=O) groups is 1. The number of anilines is 3. The second kappa shape index (κ2) is 8.81. The molecule has 2 N–H and O–H groups in total. The Morgan fingerprint density at radius 3 is 2.50 bits per heavy atom. The largest absolute Gasteiger partial charge is 0.497 e. The van der Waals surface area contributed by atoms with Gasteiger partial charge in [-0.1, -0.05) is 12.1 Å². The lowest BCUT2D eigenvalue weighted by Crippen LogP contribution is -2.12. The second-order valence-electron chi connectivity index (χ2n) is 5.76. The molecule has 0 aliphatic rings. The smallest absolute Gasteiger partial charge is 0.343 e. The average molecular weight is 382 g/mol. The molecule has 0 aliphatic heterocycles. The summed E-state index contributed by atoms with van der Waals surface area (Å²) in [4.78, 5) is 20.5. The van der Waals surface area contributed by atoms with E-state index in [0.29, 0.717) is 18.1 Å². The van der Waals surface area contributed by atoms with Crippen molar-refractivity contribution >= 4 is 23.3 Å². The van der Waals surface area contributed by atoms with Crippen LogP contribution in [0.25, 0.3) is 0 Å². The molecule has 0 aliphatic carbocycles. The molecule has 3 rings (SSSR count). The van der Waals surface area contributed by atoms with Crippen molar-refractivity contribution in [2.45, 2.75) is 6.54 Å². The molecule has 0 saturated heterocycles. The van der Waals surface area contributed by atoms with E-state index in [-0.39, 0.29) is 11.4 Å². The zero-order valence-electron chi connectivity index (χ0n) is 15.4. The third-order valence-electron chi connectivity index (χ3n) is 3.96. The minimum absolute atomic E-state index is 0.227. The molecule has 0 atom stereocenters. The van der Waals surface area contributed by atoms with Gasteiger partial charge in [0, 0.05) is 12.7 Å². The summed E-state index contributed by atoms with van der Waals surface area (Å²) >= 11 is 0. The van der Waals surface area contributed by atoms with Crippen LogP contribution in [-0.4, -0.2) is 30.2 Å². The molecule has 0 spiro atoms. The van der Waals surface area contributed by atoms with Gasteiger partial charge in [-0.2, -0.15) is 0 Å². The fourth-order valence-electron chi connectivity index (χ4n) is 2.52. The van der Waals surface area contributed by atoms with Gasteiger partial charge in [0.2, 0.25) is 0 Å². The Morgan fingerprint density at radius 1 is 1.07 bits per heavy atom. The van der Waals surface area contributed by atoms with Gasteiger partial charge in [0.25, 0.3) is 0 Å². The Labute approximate surface area is 161 Å². The molecule has 2 heterocycles. The van der Waals surface area contributed by atoms with E-state index in [1.165, 1.54) is 19.2 Å². The maximum Gasteiger partial charge on any atom is 0.343 e.